The maximum Gasteiger partial charge on any atom is 0.106 e. The molecule has 0 saturated carbocycles. The standard InChI is InChI=1S/C15H18OSi/c1-17(2,3)15-14(16-15)13-9-8-11-6-4-5-7-12(11)10-13/h4-10,14-15H,1-3H3/t14-,15-/m0/s1. The maximum atomic E-state index is 5.88. The van der Waals surface area contributed by atoms with Crippen LogP contribution >= 0.6 is 0 Å². The van der Waals surface area contributed by atoms with E-state index < -0.39 is 8.07 Å². The van der Waals surface area contributed by atoms with Crippen LogP contribution in [-0.2, 0) is 4.74 Å². The van der Waals surface area contributed by atoms with Gasteiger partial charge in [0.15, 0.2) is 0 Å². The van der Waals surface area contributed by atoms with Crippen LogP contribution in [0.2, 0.25) is 19.6 Å². The van der Waals surface area contributed by atoms with Crippen molar-refractivity contribution in [2.24, 2.45) is 0 Å². The van der Waals surface area contributed by atoms with Crippen molar-refractivity contribution in [3.63, 3.8) is 0 Å². The number of benzene rings is 2. The molecule has 0 aliphatic carbocycles. The summed E-state index contributed by atoms with van der Waals surface area (Å²) < 4.78 is 5.88. The SMILES string of the molecule is C[Si](C)(C)[C@@H]1O[C@H]1c1ccc2ccccc2c1. The molecule has 2 heteroatoms. The Morgan fingerprint density at radius 3 is 2.29 bits per heavy atom. The first-order chi connectivity index (χ1) is 8.05. The number of hydrogen-bond donors (Lipinski definition) is 0. The van der Waals surface area contributed by atoms with Gasteiger partial charge >= 0.3 is 0 Å². The van der Waals surface area contributed by atoms with Crippen molar-refractivity contribution in [2.75, 3.05) is 0 Å². The summed E-state index contributed by atoms with van der Waals surface area (Å²) in [5.74, 6) is 0. The van der Waals surface area contributed by atoms with Crippen molar-refractivity contribution >= 4 is 18.8 Å². The van der Waals surface area contributed by atoms with E-state index in [1.165, 1.54) is 16.3 Å². The summed E-state index contributed by atoms with van der Waals surface area (Å²) in [6, 6.07) is 15.2. The fraction of sp³-hybridized carbons (Fsp3) is 0.333. The van der Waals surface area contributed by atoms with Gasteiger partial charge in [-0.05, 0) is 22.4 Å². The molecule has 0 bridgehead atoms. The summed E-state index contributed by atoms with van der Waals surface area (Å²) in [4.78, 5) is 0. The van der Waals surface area contributed by atoms with Gasteiger partial charge in [-0.2, -0.15) is 0 Å². The average molecular weight is 242 g/mol. The second kappa shape index (κ2) is 3.69. The van der Waals surface area contributed by atoms with E-state index in [1.54, 1.807) is 0 Å². The van der Waals surface area contributed by atoms with Crippen molar-refractivity contribution in [3.8, 4) is 0 Å². The van der Waals surface area contributed by atoms with Gasteiger partial charge in [0.2, 0.25) is 0 Å². The molecule has 0 amide bonds. The molecule has 2 aromatic carbocycles. The molecule has 1 nitrogen and oxygen atoms in total. The molecule has 88 valence electrons. The van der Waals surface area contributed by atoms with Crippen molar-refractivity contribution in [2.45, 2.75) is 31.5 Å². The van der Waals surface area contributed by atoms with E-state index in [2.05, 4.69) is 62.1 Å². The van der Waals surface area contributed by atoms with Gasteiger partial charge in [0.1, 0.15) is 6.10 Å². The van der Waals surface area contributed by atoms with Crippen molar-refractivity contribution < 1.29 is 4.74 Å². The monoisotopic (exact) mass is 242 g/mol. The minimum atomic E-state index is -1.16. The Bertz CT molecular complexity index is 556. The quantitative estimate of drug-likeness (QED) is 0.569. The lowest BCUT2D eigenvalue weighted by Crippen LogP contribution is -2.29. The second-order valence-electron chi connectivity index (χ2n) is 5.95. The van der Waals surface area contributed by atoms with Crippen molar-refractivity contribution in [1.82, 2.24) is 0 Å². The number of hydrogen-bond acceptors (Lipinski definition) is 1. The van der Waals surface area contributed by atoms with Crippen LogP contribution in [0.25, 0.3) is 10.8 Å². The van der Waals surface area contributed by atoms with Gasteiger partial charge in [0.25, 0.3) is 0 Å². The number of epoxide rings is 1. The highest BCUT2D eigenvalue weighted by atomic mass is 28.3. The number of ether oxygens (including phenoxy) is 1. The summed E-state index contributed by atoms with van der Waals surface area (Å²) >= 11 is 0. The van der Waals surface area contributed by atoms with Crippen LogP contribution in [0.5, 0.6) is 0 Å². The van der Waals surface area contributed by atoms with E-state index in [9.17, 15) is 0 Å². The van der Waals surface area contributed by atoms with E-state index in [0.29, 0.717) is 11.8 Å². The third kappa shape index (κ3) is 2.03. The summed E-state index contributed by atoms with van der Waals surface area (Å²) in [6.45, 7) is 7.12. The van der Waals surface area contributed by atoms with Crippen molar-refractivity contribution in [1.29, 1.82) is 0 Å². The highest BCUT2D eigenvalue weighted by Gasteiger charge is 2.48. The average Bonchev–Trinajstić information content (AvgIpc) is 3.08. The number of rotatable bonds is 2. The number of fused-ring (bicyclic) bond motifs is 1. The fourth-order valence-electron chi connectivity index (χ4n) is 2.41. The van der Waals surface area contributed by atoms with Crippen LogP contribution in [0.4, 0.5) is 0 Å². The second-order valence-corrected chi connectivity index (χ2v) is 11.3. The van der Waals surface area contributed by atoms with Gasteiger partial charge in [-0.1, -0.05) is 56.0 Å². The van der Waals surface area contributed by atoms with Crippen LogP contribution in [0, 0.1) is 0 Å². The van der Waals surface area contributed by atoms with Gasteiger partial charge in [-0.25, -0.2) is 0 Å². The van der Waals surface area contributed by atoms with Crippen LogP contribution < -0.4 is 0 Å². The molecule has 0 unspecified atom stereocenters. The molecule has 2 aromatic rings. The third-order valence-corrected chi connectivity index (χ3v) is 5.59. The molecule has 1 heterocycles. The van der Waals surface area contributed by atoms with Gasteiger partial charge in [-0.3, -0.25) is 0 Å². The lowest BCUT2D eigenvalue weighted by atomic mass is 10.1. The van der Waals surface area contributed by atoms with E-state index >= 15 is 0 Å². The molecule has 3 rings (SSSR count). The topological polar surface area (TPSA) is 12.5 Å². The summed E-state index contributed by atoms with van der Waals surface area (Å²) in [5.41, 5.74) is 1.85. The molecule has 1 saturated heterocycles. The third-order valence-electron chi connectivity index (χ3n) is 3.45. The summed E-state index contributed by atoms with van der Waals surface area (Å²) in [6.07, 6.45) is 0.353. The van der Waals surface area contributed by atoms with E-state index in [0.717, 1.165) is 0 Å². The Balaban J connectivity index is 1.93. The molecule has 0 spiro atoms. The summed E-state index contributed by atoms with van der Waals surface area (Å²) in [7, 11) is -1.16. The Morgan fingerprint density at radius 1 is 0.941 bits per heavy atom. The smallest absolute Gasteiger partial charge is 0.106 e. The molecule has 0 aromatic heterocycles. The van der Waals surface area contributed by atoms with E-state index in [-0.39, 0.29) is 0 Å². The lowest BCUT2D eigenvalue weighted by molar-refractivity contribution is 0.400. The minimum Gasteiger partial charge on any atom is -0.368 e. The lowest BCUT2D eigenvalue weighted by Gasteiger charge is -2.11. The van der Waals surface area contributed by atoms with Gasteiger partial charge in [-0.15, -0.1) is 0 Å². The zero-order valence-electron chi connectivity index (χ0n) is 10.6. The predicted molar refractivity (Wildman–Crippen MR) is 74.9 cm³/mol. The Morgan fingerprint density at radius 2 is 1.65 bits per heavy atom. The molecular weight excluding hydrogens is 224 g/mol. The molecule has 2 atom stereocenters. The molecule has 1 aliphatic heterocycles. The molecule has 0 radical (unpaired) electrons. The van der Waals surface area contributed by atoms with E-state index in [1.807, 2.05) is 0 Å². The largest absolute Gasteiger partial charge is 0.368 e. The highest BCUT2D eigenvalue weighted by molar-refractivity contribution is 6.78. The molecule has 17 heavy (non-hydrogen) atoms. The predicted octanol–water partition coefficient (Wildman–Crippen LogP) is 4.16. The Kier molecular flexibility index (Phi) is 2.38. The Labute approximate surface area is 103 Å². The van der Waals surface area contributed by atoms with E-state index in [4.69, 9.17) is 4.74 Å². The fourth-order valence-corrected chi connectivity index (χ4v) is 4.06. The normalized spacial score (nSPS) is 23.9. The molecule has 0 N–H and O–H groups in total. The first kappa shape index (κ1) is 11.0. The molecule has 1 aliphatic rings. The summed E-state index contributed by atoms with van der Waals surface area (Å²) in [5, 5.41) is 2.62. The van der Waals surface area contributed by atoms with Crippen LogP contribution in [0.1, 0.15) is 11.7 Å². The molecule has 1 fully saturated rings. The zero-order chi connectivity index (χ0) is 12.0. The van der Waals surface area contributed by atoms with Crippen LogP contribution in [-0.4, -0.2) is 13.8 Å². The van der Waals surface area contributed by atoms with Crippen LogP contribution in [0.3, 0.4) is 0 Å². The maximum absolute atomic E-state index is 5.88. The highest BCUT2D eigenvalue weighted by Crippen LogP contribution is 2.44. The van der Waals surface area contributed by atoms with Crippen LogP contribution in [0.15, 0.2) is 42.5 Å². The minimum absolute atomic E-state index is 0.353. The first-order valence-electron chi connectivity index (χ1n) is 6.20. The van der Waals surface area contributed by atoms with Gasteiger partial charge in [0, 0.05) is 0 Å². The first-order valence-corrected chi connectivity index (χ1v) is 9.77. The van der Waals surface area contributed by atoms with Gasteiger partial charge in [0.05, 0.1) is 13.8 Å². The van der Waals surface area contributed by atoms with Crippen molar-refractivity contribution in [3.05, 3.63) is 48.0 Å². The molecular formula is C15H18OSi. The zero-order valence-corrected chi connectivity index (χ0v) is 11.6. The van der Waals surface area contributed by atoms with Gasteiger partial charge < -0.3 is 4.74 Å². The Hall–Kier alpha value is -1.12.